The number of halogens is 2. The summed E-state index contributed by atoms with van der Waals surface area (Å²) in [6.45, 7) is 4.75. The van der Waals surface area contributed by atoms with Crippen LogP contribution in [0, 0.1) is 0 Å². The van der Waals surface area contributed by atoms with Crippen LogP contribution in [0.4, 0.5) is 10.5 Å². The van der Waals surface area contributed by atoms with Gasteiger partial charge in [-0.3, -0.25) is 10.2 Å². The summed E-state index contributed by atoms with van der Waals surface area (Å²) in [6, 6.07) is 11.6. The van der Waals surface area contributed by atoms with Gasteiger partial charge in [0.05, 0.1) is 33.6 Å². The van der Waals surface area contributed by atoms with Crippen molar-refractivity contribution >= 4 is 57.2 Å². The number of amides is 1. The van der Waals surface area contributed by atoms with E-state index in [2.05, 4.69) is 45.3 Å². The molecule has 1 aliphatic rings. The molecule has 37 heavy (non-hydrogen) atoms. The normalized spacial score (nSPS) is 15.9. The van der Waals surface area contributed by atoms with Crippen LogP contribution in [0.1, 0.15) is 31.0 Å². The molecule has 1 aliphatic heterocycles. The highest BCUT2D eigenvalue weighted by atomic mass is 35.5. The number of ether oxygens (including phenoxy) is 1. The van der Waals surface area contributed by atoms with E-state index in [1.54, 1.807) is 29.5 Å². The van der Waals surface area contributed by atoms with E-state index in [1.165, 1.54) is 0 Å². The lowest BCUT2D eigenvalue weighted by atomic mass is 10.1. The highest BCUT2D eigenvalue weighted by Gasteiger charge is 2.24. The van der Waals surface area contributed by atoms with Gasteiger partial charge in [-0.05, 0) is 50.6 Å². The van der Waals surface area contributed by atoms with E-state index in [-0.39, 0.29) is 19.3 Å². The Morgan fingerprint density at radius 2 is 2.16 bits per heavy atom. The molecule has 1 amide bonds. The maximum Gasteiger partial charge on any atom is 0.412 e. The second-order valence-electron chi connectivity index (χ2n) is 9.07. The summed E-state index contributed by atoms with van der Waals surface area (Å²) in [5.41, 5.74) is 4.31. The summed E-state index contributed by atoms with van der Waals surface area (Å²) >= 11 is 13.9. The zero-order chi connectivity index (χ0) is 25.9. The summed E-state index contributed by atoms with van der Waals surface area (Å²) in [7, 11) is 0. The van der Waals surface area contributed by atoms with Crippen molar-refractivity contribution in [3.8, 4) is 10.6 Å². The molecule has 1 saturated heterocycles. The predicted octanol–water partition coefficient (Wildman–Crippen LogP) is 6.80. The van der Waals surface area contributed by atoms with E-state index < -0.39 is 6.09 Å². The van der Waals surface area contributed by atoms with Crippen molar-refractivity contribution in [3.05, 3.63) is 69.3 Å². The summed E-state index contributed by atoms with van der Waals surface area (Å²) in [5.74, 6) is 0. The molecule has 1 atom stereocenters. The number of nitrogens with one attached hydrogen (secondary N) is 1. The van der Waals surface area contributed by atoms with Crippen LogP contribution in [0.2, 0.25) is 10.0 Å². The first-order chi connectivity index (χ1) is 18.0. The van der Waals surface area contributed by atoms with E-state index in [1.807, 2.05) is 6.20 Å². The summed E-state index contributed by atoms with van der Waals surface area (Å²) in [4.78, 5) is 19.8. The maximum atomic E-state index is 12.6. The summed E-state index contributed by atoms with van der Waals surface area (Å²) in [5, 5.41) is 17.2. The molecule has 3 heterocycles. The third kappa shape index (κ3) is 5.63. The lowest BCUT2D eigenvalue weighted by molar-refractivity contribution is 0.152. The smallest absolute Gasteiger partial charge is 0.412 e. The predicted molar refractivity (Wildman–Crippen MR) is 150 cm³/mol. The molecule has 0 aliphatic carbocycles. The number of thiazole rings is 1. The Kier molecular flexibility index (Phi) is 8.02. The SMILES string of the molecule is CCn1cc(NC(=O)OCc2cccc(Cl)c2Cl)c2cc(-c3nc(CN4CCC[C@H]4CO)cs3)ccc21. The van der Waals surface area contributed by atoms with Crippen molar-refractivity contribution in [3.63, 3.8) is 0 Å². The number of aromatic nitrogens is 2. The number of fused-ring (bicyclic) bond motifs is 1. The molecule has 10 heteroatoms. The molecule has 0 bridgehead atoms. The first kappa shape index (κ1) is 26.0. The van der Waals surface area contributed by atoms with Gasteiger partial charge in [0.1, 0.15) is 11.6 Å². The van der Waals surface area contributed by atoms with Gasteiger partial charge in [-0.2, -0.15) is 0 Å². The topological polar surface area (TPSA) is 79.6 Å². The van der Waals surface area contributed by atoms with Gasteiger partial charge >= 0.3 is 6.09 Å². The Balaban J connectivity index is 1.33. The third-order valence-corrected chi connectivity index (χ3v) is 8.52. The molecular formula is C27H28Cl2N4O3S. The van der Waals surface area contributed by atoms with Gasteiger partial charge in [0, 0.05) is 47.2 Å². The number of rotatable bonds is 8. The molecule has 0 radical (unpaired) electrons. The van der Waals surface area contributed by atoms with Crippen LogP contribution in [0.3, 0.4) is 0 Å². The zero-order valence-corrected chi connectivity index (χ0v) is 22.7. The quantitative estimate of drug-likeness (QED) is 0.248. The fourth-order valence-corrected chi connectivity index (χ4v) is 5.95. The van der Waals surface area contributed by atoms with Gasteiger partial charge in [0.15, 0.2) is 0 Å². The average Bonchev–Trinajstić information content (AvgIpc) is 3.64. The first-order valence-electron chi connectivity index (χ1n) is 12.3. The Hall–Kier alpha value is -2.62. The number of anilines is 1. The lowest BCUT2D eigenvalue weighted by Gasteiger charge is -2.21. The van der Waals surface area contributed by atoms with E-state index in [4.69, 9.17) is 32.9 Å². The van der Waals surface area contributed by atoms with Crippen LogP contribution < -0.4 is 5.32 Å². The summed E-state index contributed by atoms with van der Waals surface area (Å²) in [6.07, 6.45) is 3.48. The monoisotopic (exact) mass is 558 g/mol. The van der Waals surface area contributed by atoms with Crippen LogP contribution in [0.5, 0.6) is 0 Å². The Bertz CT molecular complexity index is 1420. The second-order valence-corrected chi connectivity index (χ2v) is 10.7. The van der Waals surface area contributed by atoms with Gasteiger partial charge in [-0.15, -0.1) is 11.3 Å². The van der Waals surface area contributed by atoms with E-state index in [0.29, 0.717) is 21.3 Å². The number of carbonyl (C=O) groups excluding carboxylic acids is 1. The van der Waals surface area contributed by atoms with E-state index in [9.17, 15) is 9.90 Å². The number of aliphatic hydroxyl groups excluding tert-OH is 1. The molecule has 0 spiro atoms. The van der Waals surface area contributed by atoms with E-state index >= 15 is 0 Å². The van der Waals surface area contributed by atoms with Crippen molar-refractivity contribution in [1.82, 2.24) is 14.5 Å². The largest absolute Gasteiger partial charge is 0.444 e. The van der Waals surface area contributed by atoms with Gasteiger partial charge < -0.3 is 14.4 Å². The number of aryl methyl sites for hydroxylation is 1. The highest BCUT2D eigenvalue weighted by molar-refractivity contribution is 7.13. The molecule has 7 nitrogen and oxygen atoms in total. The number of aliphatic hydroxyl groups is 1. The number of hydrogen-bond acceptors (Lipinski definition) is 6. The molecule has 0 saturated carbocycles. The number of nitrogens with zero attached hydrogens (tertiary/aromatic N) is 3. The molecule has 1 fully saturated rings. The molecule has 0 unspecified atom stereocenters. The maximum absolute atomic E-state index is 12.6. The molecule has 2 aromatic heterocycles. The molecule has 2 aromatic carbocycles. The van der Waals surface area contributed by atoms with Crippen molar-refractivity contribution in [2.45, 2.75) is 45.5 Å². The van der Waals surface area contributed by atoms with Crippen molar-refractivity contribution < 1.29 is 14.6 Å². The first-order valence-corrected chi connectivity index (χ1v) is 13.9. The molecule has 2 N–H and O–H groups in total. The molecule has 194 valence electrons. The highest BCUT2D eigenvalue weighted by Crippen LogP contribution is 2.33. The van der Waals surface area contributed by atoms with Crippen LogP contribution >= 0.6 is 34.5 Å². The van der Waals surface area contributed by atoms with Crippen molar-refractivity contribution in [2.24, 2.45) is 0 Å². The van der Waals surface area contributed by atoms with Crippen LogP contribution in [0.15, 0.2) is 48.0 Å². The van der Waals surface area contributed by atoms with E-state index in [0.717, 1.165) is 59.6 Å². The molecular weight excluding hydrogens is 531 g/mol. The van der Waals surface area contributed by atoms with Gasteiger partial charge in [0.25, 0.3) is 0 Å². The minimum absolute atomic E-state index is 0.0128. The zero-order valence-electron chi connectivity index (χ0n) is 20.4. The lowest BCUT2D eigenvalue weighted by Crippen LogP contribution is -2.31. The summed E-state index contributed by atoms with van der Waals surface area (Å²) < 4.78 is 7.51. The fraction of sp³-hybridized carbons (Fsp3) is 0.333. The van der Waals surface area contributed by atoms with Crippen LogP contribution in [-0.4, -0.2) is 44.8 Å². The van der Waals surface area contributed by atoms with Crippen molar-refractivity contribution in [2.75, 3.05) is 18.5 Å². The minimum atomic E-state index is -0.572. The van der Waals surface area contributed by atoms with Gasteiger partial charge in [-0.1, -0.05) is 35.3 Å². The number of hydrogen-bond donors (Lipinski definition) is 2. The molecule has 4 aromatic rings. The average molecular weight is 560 g/mol. The van der Waals surface area contributed by atoms with Crippen LogP contribution in [0.25, 0.3) is 21.5 Å². The third-order valence-electron chi connectivity index (χ3n) is 6.72. The van der Waals surface area contributed by atoms with Crippen molar-refractivity contribution in [1.29, 1.82) is 0 Å². The van der Waals surface area contributed by atoms with Crippen LogP contribution in [-0.2, 0) is 24.4 Å². The Morgan fingerprint density at radius 1 is 1.30 bits per heavy atom. The standard InChI is InChI=1S/C27H28Cl2N4O3S/c1-2-32-13-23(31-27(35)36-15-18-5-3-7-22(28)25(18)29)21-11-17(8-9-24(21)32)26-30-19(16-37-26)12-33-10-4-6-20(33)14-34/h3,5,7-9,11,13,16,20,34H,2,4,6,10,12,14-15H2,1H3,(H,31,35)/t20-/m0/s1. The number of benzene rings is 2. The fourth-order valence-electron chi connectivity index (χ4n) is 4.77. The minimum Gasteiger partial charge on any atom is -0.444 e. The number of likely N-dealkylation sites (tertiary alicyclic amines) is 1. The second kappa shape index (κ2) is 11.4. The Morgan fingerprint density at radius 3 is 2.97 bits per heavy atom. The van der Waals surface area contributed by atoms with Gasteiger partial charge in [-0.25, -0.2) is 9.78 Å². The molecule has 5 rings (SSSR count). The van der Waals surface area contributed by atoms with Gasteiger partial charge in [0.2, 0.25) is 0 Å². The Labute approximate surface area is 229 Å². The number of carbonyl (C=O) groups is 1.